The molecule has 6 heteroatoms. The highest BCUT2D eigenvalue weighted by Crippen LogP contribution is 2.02. The summed E-state index contributed by atoms with van der Waals surface area (Å²) in [5.41, 5.74) is 3.26. The van der Waals surface area contributed by atoms with Crippen molar-refractivity contribution in [1.29, 1.82) is 0 Å². The molecule has 0 N–H and O–H groups in total. The standard InChI is InChI=1S/2C7H5N3/c1-2-8-5-7-6(1)9-3-4-10-7;1-2-6-7(9-3-1)10-5-4-8-6/h2*1-5H. The molecule has 0 saturated heterocycles. The van der Waals surface area contributed by atoms with Crippen LogP contribution in [0, 0.1) is 0 Å². The molecule has 0 aliphatic heterocycles. The molecular weight excluding hydrogens is 252 g/mol. The highest BCUT2D eigenvalue weighted by atomic mass is 14.9. The first-order valence-corrected chi connectivity index (χ1v) is 5.96. The largest absolute Gasteiger partial charge is 0.262 e. The van der Waals surface area contributed by atoms with Gasteiger partial charge >= 0.3 is 0 Å². The topological polar surface area (TPSA) is 77.3 Å². The molecule has 0 aliphatic carbocycles. The molecule has 6 nitrogen and oxygen atoms in total. The molecule has 4 aromatic rings. The third kappa shape index (κ3) is 2.69. The molecule has 4 rings (SSSR count). The Hall–Kier alpha value is -3.02. The summed E-state index contributed by atoms with van der Waals surface area (Å²) in [6.45, 7) is 0. The molecule has 4 heterocycles. The lowest BCUT2D eigenvalue weighted by Crippen LogP contribution is -1.83. The second-order valence-corrected chi connectivity index (χ2v) is 3.82. The highest BCUT2D eigenvalue weighted by molar-refractivity contribution is 5.71. The zero-order valence-electron chi connectivity index (χ0n) is 10.5. The van der Waals surface area contributed by atoms with Crippen molar-refractivity contribution in [3.05, 3.63) is 61.6 Å². The number of nitrogens with zero attached hydrogens (tertiary/aromatic N) is 6. The van der Waals surface area contributed by atoms with Crippen LogP contribution in [-0.4, -0.2) is 29.9 Å². The number of rotatable bonds is 0. The van der Waals surface area contributed by atoms with Gasteiger partial charge in [0.2, 0.25) is 0 Å². The average Bonchev–Trinajstić information content (AvgIpc) is 2.56. The molecule has 0 bridgehead atoms. The van der Waals surface area contributed by atoms with Crippen molar-refractivity contribution >= 4 is 22.2 Å². The van der Waals surface area contributed by atoms with Crippen molar-refractivity contribution in [2.45, 2.75) is 0 Å². The number of hydrogen-bond acceptors (Lipinski definition) is 6. The first-order chi connectivity index (χ1) is 9.93. The van der Waals surface area contributed by atoms with Crippen LogP contribution in [-0.2, 0) is 0 Å². The second kappa shape index (κ2) is 5.75. The van der Waals surface area contributed by atoms with Crippen molar-refractivity contribution in [1.82, 2.24) is 29.9 Å². The van der Waals surface area contributed by atoms with Crippen LogP contribution >= 0.6 is 0 Å². The van der Waals surface area contributed by atoms with E-state index in [1.807, 2.05) is 18.2 Å². The van der Waals surface area contributed by atoms with E-state index >= 15 is 0 Å². The molecule has 0 unspecified atom stereocenters. The number of fused-ring (bicyclic) bond motifs is 2. The quantitative estimate of drug-likeness (QED) is 0.482. The first kappa shape index (κ1) is 12.0. The van der Waals surface area contributed by atoms with Gasteiger partial charge < -0.3 is 0 Å². The Kier molecular flexibility index (Phi) is 3.46. The molecule has 96 valence electrons. The maximum atomic E-state index is 4.08. The van der Waals surface area contributed by atoms with Crippen LogP contribution in [0.15, 0.2) is 61.6 Å². The van der Waals surface area contributed by atoms with Crippen molar-refractivity contribution in [3.63, 3.8) is 0 Å². The zero-order chi connectivity index (χ0) is 13.6. The Morgan fingerprint density at radius 1 is 0.550 bits per heavy atom. The summed E-state index contributed by atoms with van der Waals surface area (Å²) in [7, 11) is 0. The molecule has 4 aromatic heterocycles. The first-order valence-electron chi connectivity index (χ1n) is 5.96. The van der Waals surface area contributed by atoms with Gasteiger partial charge in [-0.05, 0) is 18.2 Å². The van der Waals surface area contributed by atoms with E-state index < -0.39 is 0 Å². The van der Waals surface area contributed by atoms with Gasteiger partial charge in [0, 0.05) is 37.2 Å². The monoisotopic (exact) mass is 262 g/mol. The summed E-state index contributed by atoms with van der Waals surface area (Å²) in [5.74, 6) is 0. The number of aromatic nitrogens is 6. The van der Waals surface area contributed by atoms with E-state index in [4.69, 9.17) is 0 Å². The van der Waals surface area contributed by atoms with Gasteiger partial charge in [0.1, 0.15) is 11.0 Å². The van der Waals surface area contributed by atoms with Gasteiger partial charge in [0.05, 0.1) is 11.7 Å². The summed E-state index contributed by atoms with van der Waals surface area (Å²) < 4.78 is 0. The van der Waals surface area contributed by atoms with Crippen molar-refractivity contribution in [2.75, 3.05) is 0 Å². The zero-order valence-corrected chi connectivity index (χ0v) is 10.5. The normalized spacial score (nSPS) is 10.0. The van der Waals surface area contributed by atoms with Crippen LogP contribution in [0.2, 0.25) is 0 Å². The predicted octanol–water partition coefficient (Wildman–Crippen LogP) is 2.05. The minimum atomic E-state index is 0.699. The third-order valence-electron chi connectivity index (χ3n) is 2.51. The number of pyridine rings is 2. The Morgan fingerprint density at radius 2 is 1.25 bits per heavy atom. The molecule has 0 amide bonds. The van der Waals surface area contributed by atoms with E-state index in [1.54, 1.807) is 43.4 Å². The van der Waals surface area contributed by atoms with E-state index in [0.29, 0.717) is 5.65 Å². The Bertz CT molecular complexity index is 631. The van der Waals surface area contributed by atoms with E-state index in [1.165, 1.54) is 0 Å². The van der Waals surface area contributed by atoms with Crippen LogP contribution in [0.5, 0.6) is 0 Å². The van der Waals surface area contributed by atoms with Gasteiger partial charge in [0.25, 0.3) is 0 Å². The third-order valence-corrected chi connectivity index (χ3v) is 2.51. The smallest absolute Gasteiger partial charge is 0.178 e. The summed E-state index contributed by atoms with van der Waals surface area (Å²) in [4.78, 5) is 24.1. The van der Waals surface area contributed by atoms with Crippen molar-refractivity contribution < 1.29 is 0 Å². The summed E-state index contributed by atoms with van der Waals surface area (Å²) in [5, 5.41) is 0. The second-order valence-electron chi connectivity index (χ2n) is 3.82. The fraction of sp³-hybridized carbons (Fsp3) is 0. The maximum absolute atomic E-state index is 4.08. The molecule has 0 radical (unpaired) electrons. The number of hydrogen-bond donors (Lipinski definition) is 0. The molecule has 20 heavy (non-hydrogen) atoms. The Morgan fingerprint density at radius 3 is 2.05 bits per heavy atom. The van der Waals surface area contributed by atoms with E-state index in [-0.39, 0.29) is 0 Å². The highest BCUT2D eigenvalue weighted by Gasteiger charge is 1.90. The molecule has 0 fully saturated rings. The van der Waals surface area contributed by atoms with Gasteiger partial charge in [-0.2, -0.15) is 0 Å². The predicted molar refractivity (Wildman–Crippen MR) is 74.7 cm³/mol. The SMILES string of the molecule is c1cc2nccnc2cn1.c1cnc2nccnc2c1. The van der Waals surface area contributed by atoms with Gasteiger partial charge in [-0.3, -0.25) is 19.9 Å². The summed E-state index contributed by atoms with van der Waals surface area (Å²) in [6.07, 6.45) is 11.7. The molecule has 0 aromatic carbocycles. The molecular formula is C14H10N6. The van der Waals surface area contributed by atoms with E-state index in [0.717, 1.165) is 16.6 Å². The van der Waals surface area contributed by atoms with E-state index in [9.17, 15) is 0 Å². The van der Waals surface area contributed by atoms with Gasteiger partial charge in [-0.25, -0.2) is 9.97 Å². The lowest BCUT2D eigenvalue weighted by molar-refractivity contribution is 1.22. The Balaban J connectivity index is 0.000000121. The minimum Gasteiger partial charge on any atom is -0.262 e. The summed E-state index contributed by atoms with van der Waals surface area (Å²) in [6, 6.07) is 5.56. The van der Waals surface area contributed by atoms with Crippen LogP contribution < -0.4 is 0 Å². The van der Waals surface area contributed by atoms with Crippen LogP contribution in [0.1, 0.15) is 0 Å². The van der Waals surface area contributed by atoms with E-state index in [2.05, 4.69) is 29.9 Å². The Labute approximate surface area is 114 Å². The van der Waals surface area contributed by atoms with Crippen molar-refractivity contribution in [3.8, 4) is 0 Å². The fourth-order valence-electron chi connectivity index (χ4n) is 1.62. The lowest BCUT2D eigenvalue weighted by atomic mass is 10.4. The maximum Gasteiger partial charge on any atom is 0.178 e. The van der Waals surface area contributed by atoms with Gasteiger partial charge in [-0.1, -0.05) is 0 Å². The lowest BCUT2D eigenvalue weighted by Gasteiger charge is -1.90. The average molecular weight is 262 g/mol. The van der Waals surface area contributed by atoms with Crippen molar-refractivity contribution in [2.24, 2.45) is 0 Å². The molecule has 0 saturated carbocycles. The molecule has 0 aliphatic rings. The molecule has 0 spiro atoms. The molecule has 0 atom stereocenters. The van der Waals surface area contributed by atoms with Crippen LogP contribution in [0.4, 0.5) is 0 Å². The minimum absolute atomic E-state index is 0.699. The summed E-state index contributed by atoms with van der Waals surface area (Å²) >= 11 is 0. The fourth-order valence-corrected chi connectivity index (χ4v) is 1.62. The van der Waals surface area contributed by atoms with Gasteiger partial charge in [0.15, 0.2) is 5.65 Å². The van der Waals surface area contributed by atoms with Crippen LogP contribution in [0.3, 0.4) is 0 Å². The van der Waals surface area contributed by atoms with Gasteiger partial charge in [-0.15, -0.1) is 0 Å². The van der Waals surface area contributed by atoms with Crippen LogP contribution in [0.25, 0.3) is 22.2 Å².